The largest absolute Gasteiger partial charge is 0.481 e. The van der Waals surface area contributed by atoms with Crippen molar-refractivity contribution in [2.24, 2.45) is 5.41 Å². The maximum Gasteiger partial charge on any atom is 0.309 e. The van der Waals surface area contributed by atoms with Crippen molar-refractivity contribution in [2.45, 2.75) is 18.7 Å². The number of hydrogen-bond donors (Lipinski definition) is 1. The maximum atomic E-state index is 11.1. The Balaban J connectivity index is 1.95. The molecule has 0 radical (unpaired) electrons. The van der Waals surface area contributed by atoms with Gasteiger partial charge in [-0.25, -0.2) is 0 Å². The Labute approximate surface area is 139 Å². The zero-order chi connectivity index (χ0) is 16.2. The standard InChI is InChI=1S/C17H17ClO3S/c1-17(2,16(19)20)11-22-15-9-7-14(8-10-15)21-13-5-3-12(18)4-6-13/h3-10H,11H2,1-2H3,(H,19,20). The highest BCUT2D eigenvalue weighted by molar-refractivity contribution is 7.99. The summed E-state index contributed by atoms with van der Waals surface area (Å²) < 4.78 is 5.71. The van der Waals surface area contributed by atoms with Crippen LogP contribution in [0.3, 0.4) is 0 Å². The van der Waals surface area contributed by atoms with Crippen LogP contribution in [0, 0.1) is 5.41 Å². The number of thioether (sulfide) groups is 1. The molecule has 0 atom stereocenters. The van der Waals surface area contributed by atoms with Crippen LogP contribution in [0.25, 0.3) is 0 Å². The third-order valence-corrected chi connectivity index (χ3v) is 4.78. The highest BCUT2D eigenvalue weighted by Crippen LogP contribution is 2.30. The van der Waals surface area contributed by atoms with Gasteiger partial charge < -0.3 is 9.84 Å². The van der Waals surface area contributed by atoms with Gasteiger partial charge in [0.25, 0.3) is 0 Å². The van der Waals surface area contributed by atoms with E-state index < -0.39 is 11.4 Å². The molecule has 0 aliphatic rings. The van der Waals surface area contributed by atoms with Gasteiger partial charge >= 0.3 is 5.97 Å². The molecular formula is C17H17ClO3S. The highest BCUT2D eigenvalue weighted by Gasteiger charge is 2.26. The van der Waals surface area contributed by atoms with E-state index in [4.69, 9.17) is 21.4 Å². The molecule has 0 unspecified atom stereocenters. The molecule has 116 valence electrons. The average molecular weight is 337 g/mol. The highest BCUT2D eigenvalue weighted by atomic mass is 35.5. The van der Waals surface area contributed by atoms with Crippen LogP contribution in [0.4, 0.5) is 0 Å². The normalized spacial score (nSPS) is 11.2. The second-order valence-electron chi connectivity index (χ2n) is 5.51. The Morgan fingerprint density at radius 3 is 2.09 bits per heavy atom. The molecule has 0 bridgehead atoms. The van der Waals surface area contributed by atoms with Crippen molar-refractivity contribution in [3.8, 4) is 11.5 Å². The van der Waals surface area contributed by atoms with Gasteiger partial charge in [-0.15, -0.1) is 11.8 Å². The lowest BCUT2D eigenvalue weighted by atomic mass is 9.97. The van der Waals surface area contributed by atoms with Crippen molar-refractivity contribution >= 4 is 29.3 Å². The van der Waals surface area contributed by atoms with E-state index in [0.717, 1.165) is 16.4 Å². The molecule has 2 aromatic carbocycles. The summed E-state index contributed by atoms with van der Waals surface area (Å²) in [4.78, 5) is 12.1. The zero-order valence-electron chi connectivity index (χ0n) is 12.4. The van der Waals surface area contributed by atoms with E-state index in [9.17, 15) is 4.79 Å². The van der Waals surface area contributed by atoms with E-state index in [1.54, 1.807) is 38.1 Å². The zero-order valence-corrected chi connectivity index (χ0v) is 13.9. The molecule has 0 amide bonds. The lowest BCUT2D eigenvalue weighted by Gasteiger charge is -2.18. The van der Waals surface area contributed by atoms with Gasteiger partial charge in [0.2, 0.25) is 0 Å². The van der Waals surface area contributed by atoms with E-state index in [2.05, 4.69) is 0 Å². The summed E-state index contributed by atoms with van der Waals surface area (Å²) >= 11 is 7.35. The first-order valence-electron chi connectivity index (χ1n) is 6.76. The minimum atomic E-state index is -0.789. The molecule has 22 heavy (non-hydrogen) atoms. The predicted molar refractivity (Wildman–Crippen MR) is 90.1 cm³/mol. The van der Waals surface area contributed by atoms with E-state index in [-0.39, 0.29) is 0 Å². The monoisotopic (exact) mass is 336 g/mol. The summed E-state index contributed by atoms with van der Waals surface area (Å²) in [5.74, 6) is 1.17. The molecule has 0 aliphatic heterocycles. The topological polar surface area (TPSA) is 46.5 Å². The number of rotatable bonds is 6. The molecule has 0 saturated carbocycles. The quantitative estimate of drug-likeness (QED) is 0.724. The van der Waals surface area contributed by atoms with Crippen LogP contribution >= 0.6 is 23.4 Å². The van der Waals surface area contributed by atoms with Crippen LogP contribution in [0.1, 0.15) is 13.8 Å². The summed E-state index contributed by atoms with van der Waals surface area (Å²) in [7, 11) is 0. The van der Waals surface area contributed by atoms with Gasteiger partial charge in [0.1, 0.15) is 11.5 Å². The Morgan fingerprint density at radius 1 is 1.09 bits per heavy atom. The fraction of sp³-hybridized carbons (Fsp3) is 0.235. The van der Waals surface area contributed by atoms with Crippen molar-refractivity contribution in [1.82, 2.24) is 0 Å². The van der Waals surface area contributed by atoms with Gasteiger partial charge in [-0.05, 0) is 62.4 Å². The first kappa shape index (κ1) is 16.7. The SMILES string of the molecule is CC(C)(CSc1ccc(Oc2ccc(Cl)cc2)cc1)C(=O)O. The van der Waals surface area contributed by atoms with Gasteiger partial charge in [-0.1, -0.05) is 11.6 Å². The van der Waals surface area contributed by atoms with Crippen LogP contribution in [0.2, 0.25) is 5.02 Å². The van der Waals surface area contributed by atoms with Gasteiger partial charge in [0.05, 0.1) is 5.41 Å². The minimum Gasteiger partial charge on any atom is -0.481 e. The number of ether oxygens (including phenoxy) is 1. The number of benzene rings is 2. The number of aliphatic carboxylic acids is 1. The van der Waals surface area contributed by atoms with E-state index in [1.165, 1.54) is 11.8 Å². The molecule has 0 fully saturated rings. The van der Waals surface area contributed by atoms with E-state index in [1.807, 2.05) is 24.3 Å². The van der Waals surface area contributed by atoms with Crippen LogP contribution in [0.15, 0.2) is 53.4 Å². The summed E-state index contributed by atoms with van der Waals surface area (Å²) in [5, 5.41) is 9.77. The number of carboxylic acids is 1. The number of halogens is 1. The second kappa shape index (κ2) is 7.07. The van der Waals surface area contributed by atoms with Gasteiger partial charge in [0, 0.05) is 15.7 Å². The van der Waals surface area contributed by atoms with Crippen LogP contribution in [-0.2, 0) is 4.79 Å². The molecule has 0 aliphatic carbocycles. The lowest BCUT2D eigenvalue weighted by Crippen LogP contribution is -2.26. The fourth-order valence-electron chi connectivity index (χ4n) is 1.57. The summed E-state index contributed by atoms with van der Waals surface area (Å²) in [6.45, 7) is 3.45. The number of carbonyl (C=O) groups is 1. The minimum absolute atomic E-state index is 0.514. The van der Waals surface area contributed by atoms with Crippen LogP contribution < -0.4 is 4.74 Å². The van der Waals surface area contributed by atoms with Gasteiger partial charge in [-0.3, -0.25) is 4.79 Å². The average Bonchev–Trinajstić information content (AvgIpc) is 2.49. The molecule has 5 heteroatoms. The fourth-order valence-corrected chi connectivity index (χ4v) is 2.67. The van der Waals surface area contributed by atoms with Crippen LogP contribution in [-0.4, -0.2) is 16.8 Å². The van der Waals surface area contributed by atoms with E-state index >= 15 is 0 Å². The Hall–Kier alpha value is -1.65. The second-order valence-corrected chi connectivity index (χ2v) is 6.99. The molecule has 0 saturated heterocycles. The molecule has 2 rings (SSSR count). The third kappa shape index (κ3) is 4.68. The van der Waals surface area contributed by atoms with Crippen molar-refractivity contribution in [3.05, 3.63) is 53.6 Å². The van der Waals surface area contributed by atoms with Gasteiger partial charge in [-0.2, -0.15) is 0 Å². The maximum absolute atomic E-state index is 11.1. The molecule has 3 nitrogen and oxygen atoms in total. The van der Waals surface area contributed by atoms with Gasteiger partial charge in [0.15, 0.2) is 0 Å². The third-order valence-electron chi connectivity index (χ3n) is 3.05. The molecule has 0 heterocycles. The number of hydrogen-bond acceptors (Lipinski definition) is 3. The molecule has 1 N–H and O–H groups in total. The molecule has 0 spiro atoms. The molecule has 0 aromatic heterocycles. The summed E-state index contributed by atoms with van der Waals surface area (Å²) in [6.07, 6.45) is 0. The first-order valence-corrected chi connectivity index (χ1v) is 8.13. The lowest BCUT2D eigenvalue weighted by molar-refractivity contribution is -0.145. The summed E-state index contributed by atoms with van der Waals surface area (Å²) in [6, 6.07) is 14.7. The Morgan fingerprint density at radius 2 is 1.59 bits per heavy atom. The van der Waals surface area contributed by atoms with Crippen molar-refractivity contribution in [3.63, 3.8) is 0 Å². The Bertz CT molecular complexity index is 636. The van der Waals surface area contributed by atoms with Crippen molar-refractivity contribution in [2.75, 3.05) is 5.75 Å². The first-order chi connectivity index (χ1) is 10.4. The summed E-state index contributed by atoms with van der Waals surface area (Å²) in [5.41, 5.74) is -0.747. The van der Waals surface area contributed by atoms with Crippen molar-refractivity contribution < 1.29 is 14.6 Å². The predicted octanol–water partition coefficient (Wildman–Crippen LogP) is 5.34. The molecular weight excluding hydrogens is 320 g/mol. The van der Waals surface area contributed by atoms with Crippen LogP contribution in [0.5, 0.6) is 11.5 Å². The van der Waals surface area contributed by atoms with Crippen molar-refractivity contribution in [1.29, 1.82) is 0 Å². The molecule has 2 aromatic rings. The smallest absolute Gasteiger partial charge is 0.309 e. The van der Waals surface area contributed by atoms with E-state index in [0.29, 0.717) is 10.8 Å². The Kier molecular flexibility index (Phi) is 5.37. The number of carboxylic acid groups (broad SMARTS) is 1.